The molecule has 0 radical (unpaired) electrons. The maximum absolute atomic E-state index is 13.7. The van der Waals surface area contributed by atoms with Crippen LogP contribution in [0, 0.1) is 11.8 Å². The van der Waals surface area contributed by atoms with Gasteiger partial charge in [0.05, 0.1) is 12.7 Å². The third kappa shape index (κ3) is 4.61. The van der Waals surface area contributed by atoms with Crippen LogP contribution in [0.3, 0.4) is 0 Å². The van der Waals surface area contributed by atoms with Crippen molar-refractivity contribution < 1.29 is 29.0 Å². The molecule has 7 heteroatoms. The zero-order chi connectivity index (χ0) is 24.4. The van der Waals surface area contributed by atoms with Gasteiger partial charge in [0, 0.05) is 22.9 Å². The molecular weight excluding hydrogens is 434 g/mol. The number of ketones is 1. The first-order valence-electron chi connectivity index (χ1n) is 12.1. The van der Waals surface area contributed by atoms with Crippen LogP contribution in [0.1, 0.15) is 70.3 Å². The second-order valence-corrected chi connectivity index (χ2v) is 9.65. The van der Waals surface area contributed by atoms with E-state index < -0.39 is 23.8 Å². The number of carbonyl (C=O) groups excluding carboxylic acids is 3. The number of aromatic hydroxyl groups is 1. The van der Waals surface area contributed by atoms with E-state index in [0.29, 0.717) is 28.8 Å². The molecule has 34 heavy (non-hydrogen) atoms. The second kappa shape index (κ2) is 10.0. The Morgan fingerprint density at radius 1 is 1.06 bits per heavy atom. The maximum atomic E-state index is 13.7. The zero-order valence-electron chi connectivity index (χ0n) is 20.1. The monoisotopic (exact) mass is 467 g/mol. The number of esters is 2. The lowest BCUT2D eigenvalue weighted by atomic mass is 9.69. The number of benzene rings is 1. The molecule has 2 N–H and O–H groups in total. The molecule has 1 aliphatic heterocycles. The Morgan fingerprint density at radius 2 is 1.71 bits per heavy atom. The summed E-state index contributed by atoms with van der Waals surface area (Å²) >= 11 is 0. The first-order chi connectivity index (χ1) is 16.3. The highest BCUT2D eigenvalue weighted by Crippen LogP contribution is 2.45. The number of hydrogen-bond donors (Lipinski definition) is 2. The molecule has 0 aromatic heterocycles. The molecule has 1 aromatic carbocycles. The Hall–Kier alpha value is -3.09. The van der Waals surface area contributed by atoms with Gasteiger partial charge in [-0.25, -0.2) is 4.79 Å². The quantitative estimate of drug-likeness (QED) is 0.387. The SMILES string of the molecule is COC(=O)[C@H]1C(=O)C2=C(C[C@@H]1C)NC(C)=C(C(=O)OC1CCCCCC1)[C@@H]2c1ccc(O)cc1. The summed E-state index contributed by atoms with van der Waals surface area (Å²) in [5, 5.41) is 13.1. The van der Waals surface area contributed by atoms with E-state index in [1.54, 1.807) is 12.1 Å². The van der Waals surface area contributed by atoms with Gasteiger partial charge in [-0.15, -0.1) is 0 Å². The van der Waals surface area contributed by atoms with E-state index in [9.17, 15) is 19.5 Å². The van der Waals surface area contributed by atoms with Gasteiger partial charge in [0.2, 0.25) is 0 Å². The van der Waals surface area contributed by atoms with Crippen molar-refractivity contribution in [3.05, 3.63) is 52.4 Å². The lowest BCUT2D eigenvalue weighted by molar-refractivity contribution is -0.151. The first-order valence-corrected chi connectivity index (χ1v) is 12.1. The number of dihydropyridines is 1. The van der Waals surface area contributed by atoms with Crippen molar-refractivity contribution in [1.29, 1.82) is 0 Å². The van der Waals surface area contributed by atoms with Crippen LogP contribution in [0.15, 0.2) is 46.8 Å². The molecule has 182 valence electrons. The van der Waals surface area contributed by atoms with Gasteiger partial charge in [-0.3, -0.25) is 9.59 Å². The summed E-state index contributed by atoms with van der Waals surface area (Å²) in [5.41, 5.74) is 2.83. The smallest absolute Gasteiger partial charge is 0.337 e. The van der Waals surface area contributed by atoms with Gasteiger partial charge < -0.3 is 19.9 Å². The second-order valence-electron chi connectivity index (χ2n) is 9.65. The van der Waals surface area contributed by atoms with Crippen molar-refractivity contribution in [2.45, 2.75) is 70.8 Å². The molecule has 2 aliphatic carbocycles. The standard InChI is InChI=1S/C27H33NO6/c1-15-14-20-24(25(30)21(15)26(31)33-3)23(17-10-12-18(29)13-11-17)22(16(2)28-20)27(32)34-19-8-6-4-5-7-9-19/h10-13,15,19,21,23,28-29H,4-9,14H2,1-3H3/t15-,21+,23-/m0/s1. The lowest BCUT2D eigenvalue weighted by Crippen LogP contribution is -2.43. The molecule has 1 heterocycles. The summed E-state index contributed by atoms with van der Waals surface area (Å²) < 4.78 is 10.9. The molecule has 4 rings (SSSR count). The molecule has 1 fully saturated rings. The number of nitrogens with one attached hydrogen (secondary N) is 1. The minimum atomic E-state index is -0.928. The van der Waals surface area contributed by atoms with Gasteiger partial charge in [0.25, 0.3) is 0 Å². The normalized spacial score (nSPS) is 25.9. The number of hydrogen-bond acceptors (Lipinski definition) is 7. The van der Waals surface area contributed by atoms with E-state index >= 15 is 0 Å². The topological polar surface area (TPSA) is 102 Å². The molecule has 0 amide bonds. The molecule has 3 atom stereocenters. The summed E-state index contributed by atoms with van der Waals surface area (Å²) in [4.78, 5) is 39.8. The van der Waals surface area contributed by atoms with Crippen LogP contribution >= 0.6 is 0 Å². The average molecular weight is 468 g/mol. The highest BCUT2D eigenvalue weighted by Gasteiger charge is 2.47. The molecule has 0 saturated heterocycles. The Labute approximate surface area is 200 Å². The highest BCUT2D eigenvalue weighted by molar-refractivity contribution is 6.12. The fourth-order valence-corrected chi connectivity index (χ4v) is 5.53. The largest absolute Gasteiger partial charge is 0.508 e. The summed E-state index contributed by atoms with van der Waals surface area (Å²) in [6.07, 6.45) is 6.36. The lowest BCUT2D eigenvalue weighted by Gasteiger charge is -2.38. The third-order valence-corrected chi connectivity index (χ3v) is 7.27. The van der Waals surface area contributed by atoms with Gasteiger partial charge >= 0.3 is 11.9 Å². The van der Waals surface area contributed by atoms with Crippen LogP contribution in [0.2, 0.25) is 0 Å². The summed E-state index contributed by atoms with van der Waals surface area (Å²) in [6.45, 7) is 3.68. The van der Waals surface area contributed by atoms with Crippen molar-refractivity contribution in [2.24, 2.45) is 11.8 Å². The van der Waals surface area contributed by atoms with Crippen LogP contribution < -0.4 is 5.32 Å². The number of Topliss-reactive ketones (excluding diaryl/α,β-unsaturated/α-hetero) is 1. The maximum Gasteiger partial charge on any atom is 0.337 e. The molecule has 7 nitrogen and oxygen atoms in total. The molecular formula is C27H33NO6. The van der Waals surface area contributed by atoms with Gasteiger partial charge in [-0.2, -0.15) is 0 Å². The van der Waals surface area contributed by atoms with Crippen molar-refractivity contribution >= 4 is 17.7 Å². The van der Waals surface area contributed by atoms with Crippen molar-refractivity contribution in [3.8, 4) is 5.75 Å². The summed E-state index contributed by atoms with van der Waals surface area (Å²) in [7, 11) is 1.28. The number of allylic oxidation sites excluding steroid dienone is 3. The first kappa shape index (κ1) is 24.0. The van der Waals surface area contributed by atoms with Gasteiger partial charge in [-0.05, 0) is 62.6 Å². The molecule has 0 bridgehead atoms. The van der Waals surface area contributed by atoms with Gasteiger partial charge in [-0.1, -0.05) is 31.9 Å². The molecule has 0 unspecified atom stereocenters. The van der Waals surface area contributed by atoms with Crippen LogP contribution in [-0.4, -0.2) is 36.0 Å². The van der Waals surface area contributed by atoms with E-state index in [1.807, 2.05) is 13.8 Å². The number of carbonyl (C=O) groups is 3. The Bertz CT molecular complexity index is 1030. The number of methoxy groups -OCH3 is 1. The van der Waals surface area contributed by atoms with Crippen molar-refractivity contribution in [2.75, 3.05) is 7.11 Å². The van der Waals surface area contributed by atoms with E-state index in [1.165, 1.54) is 19.2 Å². The summed E-state index contributed by atoms with van der Waals surface area (Å²) in [6, 6.07) is 6.49. The molecule has 1 aromatic rings. The molecule has 0 spiro atoms. The molecule has 3 aliphatic rings. The fraction of sp³-hybridized carbons (Fsp3) is 0.519. The number of phenols is 1. The van der Waals surface area contributed by atoms with Crippen molar-refractivity contribution in [1.82, 2.24) is 5.32 Å². The Balaban J connectivity index is 1.76. The number of phenolic OH excluding ortho intramolecular Hbond substituents is 1. The van der Waals surface area contributed by atoms with Gasteiger partial charge in [0.1, 0.15) is 17.8 Å². The van der Waals surface area contributed by atoms with Crippen molar-refractivity contribution in [3.63, 3.8) is 0 Å². The van der Waals surface area contributed by atoms with E-state index in [4.69, 9.17) is 9.47 Å². The fourth-order valence-electron chi connectivity index (χ4n) is 5.53. The van der Waals surface area contributed by atoms with E-state index in [0.717, 1.165) is 44.2 Å². The average Bonchev–Trinajstić information content (AvgIpc) is 3.07. The zero-order valence-corrected chi connectivity index (χ0v) is 20.1. The van der Waals surface area contributed by atoms with Crippen LogP contribution in [0.25, 0.3) is 0 Å². The third-order valence-electron chi connectivity index (χ3n) is 7.27. The van der Waals surface area contributed by atoms with E-state index in [2.05, 4.69) is 5.32 Å². The number of ether oxygens (including phenoxy) is 2. The Kier molecular flexibility index (Phi) is 7.10. The number of rotatable bonds is 4. The predicted molar refractivity (Wildman–Crippen MR) is 126 cm³/mol. The minimum absolute atomic E-state index is 0.0891. The van der Waals surface area contributed by atoms with E-state index in [-0.39, 0.29) is 23.6 Å². The predicted octanol–water partition coefficient (Wildman–Crippen LogP) is 4.27. The Morgan fingerprint density at radius 3 is 2.32 bits per heavy atom. The highest BCUT2D eigenvalue weighted by atomic mass is 16.5. The minimum Gasteiger partial charge on any atom is -0.508 e. The van der Waals surface area contributed by atoms with Crippen LogP contribution in [0.5, 0.6) is 5.75 Å². The summed E-state index contributed by atoms with van der Waals surface area (Å²) in [5.74, 6) is -3.11. The molecule has 1 saturated carbocycles. The van der Waals surface area contributed by atoms with Crippen LogP contribution in [0.4, 0.5) is 0 Å². The van der Waals surface area contributed by atoms with Gasteiger partial charge in [0.15, 0.2) is 5.78 Å². The van der Waals surface area contributed by atoms with Crippen LogP contribution in [-0.2, 0) is 23.9 Å².